The fourth-order valence-electron chi connectivity index (χ4n) is 2.01. The minimum Gasteiger partial charge on any atom is -0.497 e. The lowest BCUT2D eigenvalue weighted by Crippen LogP contribution is -2.36. The Morgan fingerprint density at radius 2 is 1.77 bits per heavy atom. The van der Waals surface area contributed by atoms with Crippen molar-refractivity contribution in [2.24, 2.45) is 0 Å². The van der Waals surface area contributed by atoms with Gasteiger partial charge in [0.15, 0.2) is 5.11 Å². The van der Waals surface area contributed by atoms with Gasteiger partial charge >= 0.3 is 0 Å². The molecule has 22 heavy (non-hydrogen) atoms. The summed E-state index contributed by atoms with van der Waals surface area (Å²) >= 11 is 5.28. The zero-order valence-electron chi connectivity index (χ0n) is 12.6. The molecule has 0 fully saturated rings. The van der Waals surface area contributed by atoms with Gasteiger partial charge in [-0.2, -0.15) is 0 Å². The Kier molecular flexibility index (Phi) is 5.72. The lowest BCUT2D eigenvalue weighted by atomic mass is 10.1. The van der Waals surface area contributed by atoms with Gasteiger partial charge in [-0.25, -0.2) is 4.39 Å². The molecular formula is C17H19FN2OS. The first-order valence-corrected chi connectivity index (χ1v) is 7.42. The highest BCUT2D eigenvalue weighted by atomic mass is 32.1. The van der Waals surface area contributed by atoms with E-state index in [0.29, 0.717) is 11.7 Å². The SMILES string of the molecule is COc1ccc([C@H](C)NC(=S)NCc2ccc(F)cc2)cc1. The third-order valence-electron chi connectivity index (χ3n) is 3.33. The maximum atomic E-state index is 12.8. The van der Waals surface area contributed by atoms with Crippen molar-refractivity contribution < 1.29 is 9.13 Å². The molecule has 5 heteroatoms. The van der Waals surface area contributed by atoms with Crippen LogP contribution < -0.4 is 15.4 Å². The van der Waals surface area contributed by atoms with Crippen LogP contribution in [-0.4, -0.2) is 12.2 Å². The molecule has 0 amide bonds. The second kappa shape index (κ2) is 7.75. The molecule has 0 spiro atoms. The zero-order valence-corrected chi connectivity index (χ0v) is 13.4. The van der Waals surface area contributed by atoms with Crippen molar-refractivity contribution in [1.82, 2.24) is 10.6 Å². The summed E-state index contributed by atoms with van der Waals surface area (Å²) in [6, 6.07) is 14.3. The number of nitrogens with one attached hydrogen (secondary N) is 2. The summed E-state index contributed by atoms with van der Waals surface area (Å²) in [5.74, 6) is 0.588. The predicted molar refractivity (Wildman–Crippen MR) is 90.4 cm³/mol. The van der Waals surface area contributed by atoms with E-state index in [9.17, 15) is 4.39 Å². The van der Waals surface area contributed by atoms with Crippen molar-refractivity contribution in [2.45, 2.75) is 19.5 Å². The number of hydrogen-bond acceptors (Lipinski definition) is 2. The second-order valence-electron chi connectivity index (χ2n) is 4.95. The van der Waals surface area contributed by atoms with Gasteiger partial charge in [0.2, 0.25) is 0 Å². The maximum Gasteiger partial charge on any atom is 0.167 e. The van der Waals surface area contributed by atoms with Crippen LogP contribution in [0.3, 0.4) is 0 Å². The highest BCUT2D eigenvalue weighted by Gasteiger charge is 2.07. The standard InChI is InChI=1S/C17H19FN2OS/c1-12(14-5-9-16(21-2)10-6-14)20-17(22)19-11-13-3-7-15(18)8-4-13/h3-10,12H,11H2,1-2H3,(H2,19,20,22)/t12-/m0/s1. The number of benzene rings is 2. The summed E-state index contributed by atoms with van der Waals surface area (Å²) in [7, 11) is 1.64. The molecule has 0 saturated heterocycles. The van der Waals surface area contributed by atoms with E-state index in [0.717, 1.165) is 16.9 Å². The normalized spacial score (nSPS) is 11.6. The van der Waals surface area contributed by atoms with E-state index in [2.05, 4.69) is 10.6 Å². The minimum atomic E-state index is -0.238. The van der Waals surface area contributed by atoms with Gasteiger partial charge in [-0.3, -0.25) is 0 Å². The molecule has 0 aromatic heterocycles. The Morgan fingerprint density at radius 3 is 2.36 bits per heavy atom. The molecule has 3 nitrogen and oxygen atoms in total. The van der Waals surface area contributed by atoms with E-state index in [1.807, 2.05) is 31.2 Å². The fourth-order valence-corrected chi connectivity index (χ4v) is 2.26. The third kappa shape index (κ3) is 4.70. The Hall–Kier alpha value is -2.14. The number of hydrogen-bond donors (Lipinski definition) is 2. The van der Waals surface area contributed by atoms with Crippen LogP contribution in [0.2, 0.25) is 0 Å². The predicted octanol–water partition coefficient (Wildman–Crippen LogP) is 3.56. The molecule has 2 rings (SSSR count). The summed E-state index contributed by atoms with van der Waals surface area (Å²) < 4.78 is 18.0. The van der Waals surface area contributed by atoms with Gasteiger partial charge < -0.3 is 15.4 Å². The second-order valence-corrected chi connectivity index (χ2v) is 5.36. The third-order valence-corrected chi connectivity index (χ3v) is 3.59. The molecule has 0 unspecified atom stereocenters. The number of ether oxygens (including phenoxy) is 1. The summed E-state index contributed by atoms with van der Waals surface area (Å²) in [6.07, 6.45) is 0. The van der Waals surface area contributed by atoms with Crippen LogP contribution in [0, 0.1) is 5.82 Å². The van der Waals surface area contributed by atoms with Crippen molar-refractivity contribution in [3.8, 4) is 5.75 Å². The summed E-state index contributed by atoms with van der Waals surface area (Å²) in [5, 5.41) is 6.90. The van der Waals surface area contributed by atoms with E-state index in [-0.39, 0.29) is 11.9 Å². The average Bonchev–Trinajstić information content (AvgIpc) is 2.54. The van der Waals surface area contributed by atoms with Crippen LogP contribution >= 0.6 is 12.2 Å². The quantitative estimate of drug-likeness (QED) is 0.826. The Morgan fingerprint density at radius 1 is 1.14 bits per heavy atom. The van der Waals surface area contributed by atoms with Crippen molar-refractivity contribution in [2.75, 3.05) is 7.11 Å². The van der Waals surface area contributed by atoms with Crippen molar-refractivity contribution >= 4 is 17.3 Å². The Labute approximate surface area is 135 Å². The van der Waals surface area contributed by atoms with Gasteiger partial charge in [-0.1, -0.05) is 24.3 Å². The smallest absolute Gasteiger partial charge is 0.167 e. The molecule has 0 radical (unpaired) electrons. The average molecular weight is 318 g/mol. The monoisotopic (exact) mass is 318 g/mol. The summed E-state index contributed by atoms with van der Waals surface area (Å²) in [5.41, 5.74) is 2.09. The zero-order chi connectivity index (χ0) is 15.9. The van der Waals surface area contributed by atoms with Gasteiger partial charge in [0.1, 0.15) is 11.6 Å². The minimum absolute atomic E-state index is 0.0825. The number of rotatable bonds is 5. The number of thiocarbonyl (C=S) groups is 1. The van der Waals surface area contributed by atoms with Crippen molar-refractivity contribution in [3.63, 3.8) is 0 Å². The van der Waals surface area contributed by atoms with Crippen LogP contribution in [0.25, 0.3) is 0 Å². The van der Waals surface area contributed by atoms with Gasteiger partial charge in [0, 0.05) is 6.54 Å². The first-order valence-electron chi connectivity index (χ1n) is 7.01. The molecule has 0 bridgehead atoms. The molecule has 0 aliphatic rings. The van der Waals surface area contributed by atoms with E-state index < -0.39 is 0 Å². The molecule has 0 heterocycles. The van der Waals surface area contributed by atoms with E-state index in [4.69, 9.17) is 17.0 Å². The molecule has 2 N–H and O–H groups in total. The lowest BCUT2D eigenvalue weighted by molar-refractivity contribution is 0.414. The largest absolute Gasteiger partial charge is 0.497 e. The molecule has 116 valence electrons. The molecular weight excluding hydrogens is 299 g/mol. The summed E-state index contributed by atoms with van der Waals surface area (Å²) in [6.45, 7) is 2.59. The topological polar surface area (TPSA) is 33.3 Å². The lowest BCUT2D eigenvalue weighted by Gasteiger charge is -2.17. The number of methoxy groups -OCH3 is 1. The van der Waals surface area contributed by atoms with Crippen LogP contribution in [-0.2, 0) is 6.54 Å². The van der Waals surface area contributed by atoms with Crippen molar-refractivity contribution in [3.05, 3.63) is 65.5 Å². The highest BCUT2D eigenvalue weighted by molar-refractivity contribution is 7.80. The molecule has 1 atom stereocenters. The van der Waals surface area contributed by atoms with Gasteiger partial charge in [0.25, 0.3) is 0 Å². The Bertz CT molecular complexity index is 614. The van der Waals surface area contributed by atoms with E-state index >= 15 is 0 Å². The number of halogens is 1. The molecule has 0 saturated carbocycles. The van der Waals surface area contributed by atoms with Crippen LogP contribution in [0.4, 0.5) is 4.39 Å². The van der Waals surface area contributed by atoms with Crippen molar-refractivity contribution in [1.29, 1.82) is 0 Å². The van der Waals surface area contributed by atoms with Gasteiger partial charge in [0.05, 0.1) is 13.2 Å². The van der Waals surface area contributed by atoms with Crippen LogP contribution in [0.15, 0.2) is 48.5 Å². The first-order chi connectivity index (χ1) is 10.6. The van der Waals surface area contributed by atoms with Crippen LogP contribution in [0.1, 0.15) is 24.1 Å². The molecule has 2 aromatic rings. The van der Waals surface area contributed by atoms with Gasteiger partial charge in [-0.15, -0.1) is 0 Å². The molecule has 2 aromatic carbocycles. The van der Waals surface area contributed by atoms with Gasteiger partial charge in [-0.05, 0) is 54.5 Å². The highest BCUT2D eigenvalue weighted by Crippen LogP contribution is 2.17. The first kappa shape index (κ1) is 16.2. The maximum absolute atomic E-state index is 12.8. The fraction of sp³-hybridized carbons (Fsp3) is 0.235. The van der Waals surface area contributed by atoms with E-state index in [1.54, 1.807) is 19.2 Å². The van der Waals surface area contributed by atoms with Crippen LogP contribution in [0.5, 0.6) is 5.75 Å². The van der Waals surface area contributed by atoms with E-state index in [1.165, 1.54) is 12.1 Å². The molecule has 0 aliphatic carbocycles. The summed E-state index contributed by atoms with van der Waals surface area (Å²) in [4.78, 5) is 0. The Balaban J connectivity index is 1.83. The molecule has 0 aliphatic heterocycles.